The van der Waals surface area contributed by atoms with Gasteiger partial charge in [-0.2, -0.15) is 0 Å². The summed E-state index contributed by atoms with van der Waals surface area (Å²) in [6.45, 7) is 9.66. The molecule has 3 nitrogen and oxygen atoms in total. The zero-order valence-electron chi connectivity index (χ0n) is 12.5. The van der Waals surface area contributed by atoms with Crippen LogP contribution in [0.5, 0.6) is 0 Å². The molecule has 0 aromatic rings. The second-order valence-electron chi connectivity index (χ2n) is 6.38. The fourth-order valence-corrected chi connectivity index (χ4v) is 3.35. The molecule has 0 bridgehead atoms. The van der Waals surface area contributed by atoms with Gasteiger partial charge in [0.2, 0.25) is 0 Å². The Morgan fingerprint density at radius 1 is 1.22 bits per heavy atom. The molecule has 0 aromatic carbocycles. The van der Waals surface area contributed by atoms with Crippen LogP contribution in [0, 0.1) is 0 Å². The van der Waals surface area contributed by atoms with Gasteiger partial charge in [-0.05, 0) is 72.6 Å². The molecule has 0 aromatic heterocycles. The normalized spacial score (nSPS) is 28.5. The third-order valence-corrected chi connectivity index (χ3v) is 4.83. The third kappa shape index (κ3) is 3.69. The fourth-order valence-electron chi connectivity index (χ4n) is 3.35. The van der Waals surface area contributed by atoms with E-state index in [0.29, 0.717) is 6.04 Å². The largest absolute Gasteiger partial charge is 0.312 e. The van der Waals surface area contributed by atoms with Crippen molar-refractivity contribution in [3.8, 4) is 0 Å². The van der Waals surface area contributed by atoms with E-state index in [-0.39, 0.29) is 0 Å². The smallest absolute Gasteiger partial charge is 0.0250 e. The Bertz CT molecular complexity index is 242. The van der Waals surface area contributed by atoms with Crippen molar-refractivity contribution >= 4 is 0 Å². The number of fused-ring (bicyclic) bond motifs is 1. The lowest BCUT2D eigenvalue weighted by Crippen LogP contribution is -2.39. The fraction of sp³-hybridized carbons (Fsp3) is 1.00. The highest BCUT2D eigenvalue weighted by Gasteiger charge is 2.36. The molecular formula is C15H31N3. The second kappa shape index (κ2) is 6.88. The van der Waals surface area contributed by atoms with Crippen LogP contribution in [0.2, 0.25) is 0 Å². The van der Waals surface area contributed by atoms with Crippen LogP contribution in [0.25, 0.3) is 0 Å². The summed E-state index contributed by atoms with van der Waals surface area (Å²) in [4.78, 5) is 5.12. The van der Waals surface area contributed by atoms with Crippen molar-refractivity contribution in [3.63, 3.8) is 0 Å². The number of unbranched alkanes of at least 4 members (excludes halogenated alkanes) is 1. The standard InChI is InChI=1S/C15H31N3/c1-13(2)17(3)10-5-4-9-16-14-8-12-18-11-6-7-15(14)18/h13-16H,4-12H2,1-3H3. The lowest BCUT2D eigenvalue weighted by atomic mass is 10.1. The van der Waals surface area contributed by atoms with Crippen molar-refractivity contribution in [2.45, 2.75) is 64.1 Å². The van der Waals surface area contributed by atoms with Crippen LogP contribution >= 0.6 is 0 Å². The Kier molecular flexibility index (Phi) is 5.46. The van der Waals surface area contributed by atoms with Gasteiger partial charge >= 0.3 is 0 Å². The SMILES string of the molecule is CC(C)N(C)CCCCNC1CCN2CCCC12. The Morgan fingerprint density at radius 2 is 2.06 bits per heavy atom. The Labute approximate surface area is 113 Å². The Hall–Kier alpha value is -0.120. The first kappa shape index (κ1) is 14.3. The summed E-state index contributed by atoms with van der Waals surface area (Å²) in [5.41, 5.74) is 0. The molecule has 2 saturated heterocycles. The van der Waals surface area contributed by atoms with E-state index in [9.17, 15) is 0 Å². The second-order valence-corrected chi connectivity index (χ2v) is 6.38. The van der Waals surface area contributed by atoms with Gasteiger partial charge in [0.05, 0.1) is 0 Å². The molecule has 0 amide bonds. The predicted molar refractivity (Wildman–Crippen MR) is 78.0 cm³/mol. The molecule has 18 heavy (non-hydrogen) atoms. The van der Waals surface area contributed by atoms with Crippen molar-refractivity contribution in [1.29, 1.82) is 0 Å². The maximum atomic E-state index is 3.80. The molecule has 2 fully saturated rings. The van der Waals surface area contributed by atoms with Crippen molar-refractivity contribution in [2.24, 2.45) is 0 Å². The summed E-state index contributed by atoms with van der Waals surface area (Å²) in [5, 5.41) is 3.80. The molecule has 0 radical (unpaired) electrons. The van der Waals surface area contributed by atoms with Crippen LogP contribution in [0.15, 0.2) is 0 Å². The topological polar surface area (TPSA) is 18.5 Å². The first-order chi connectivity index (χ1) is 8.68. The van der Waals surface area contributed by atoms with Gasteiger partial charge in [0.15, 0.2) is 0 Å². The third-order valence-electron chi connectivity index (χ3n) is 4.83. The quantitative estimate of drug-likeness (QED) is 0.700. The van der Waals surface area contributed by atoms with E-state index in [2.05, 4.69) is 36.0 Å². The molecule has 2 rings (SSSR count). The van der Waals surface area contributed by atoms with Crippen LogP contribution in [0.4, 0.5) is 0 Å². The molecular weight excluding hydrogens is 222 g/mol. The first-order valence-corrected chi connectivity index (χ1v) is 7.86. The summed E-state index contributed by atoms with van der Waals surface area (Å²) < 4.78 is 0. The van der Waals surface area contributed by atoms with E-state index in [1.807, 2.05) is 0 Å². The van der Waals surface area contributed by atoms with E-state index in [0.717, 1.165) is 12.1 Å². The van der Waals surface area contributed by atoms with E-state index in [1.54, 1.807) is 0 Å². The van der Waals surface area contributed by atoms with Gasteiger partial charge in [-0.25, -0.2) is 0 Å². The average molecular weight is 253 g/mol. The number of nitrogens with one attached hydrogen (secondary N) is 1. The minimum absolute atomic E-state index is 0.680. The zero-order valence-corrected chi connectivity index (χ0v) is 12.5. The monoisotopic (exact) mass is 253 g/mol. The van der Waals surface area contributed by atoms with Gasteiger partial charge in [0.1, 0.15) is 0 Å². The highest BCUT2D eigenvalue weighted by Crippen LogP contribution is 2.27. The summed E-state index contributed by atoms with van der Waals surface area (Å²) in [6.07, 6.45) is 6.86. The van der Waals surface area contributed by atoms with Gasteiger partial charge in [-0.1, -0.05) is 0 Å². The number of hydrogen-bond acceptors (Lipinski definition) is 3. The molecule has 3 heteroatoms. The molecule has 2 heterocycles. The zero-order chi connectivity index (χ0) is 13.0. The molecule has 0 spiro atoms. The van der Waals surface area contributed by atoms with Crippen molar-refractivity contribution < 1.29 is 0 Å². The van der Waals surface area contributed by atoms with Crippen LogP contribution in [0.1, 0.15) is 46.0 Å². The summed E-state index contributed by atoms with van der Waals surface area (Å²) in [5.74, 6) is 0. The molecule has 2 aliphatic heterocycles. The van der Waals surface area contributed by atoms with Gasteiger partial charge in [-0.15, -0.1) is 0 Å². The van der Waals surface area contributed by atoms with Crippen molar-refractivity contribution in [1.82, 2.24) is 15.1 Å². The molecule has 0 saturated carbocycles. The van der Waals surface area contributed by atoms with Crippen molar-refractivity contribution in [2.75, 3.05) is 33.2 Å². The van der Waals surface area contributed by atoms with Crippen LogP contribution < -0.4 is 5.32 Å². The predicted octanol–water partition coefficient (Wildman–Crippen LogP) is 1.93. The van der Waals surface area contributed by atoms with Gasteiger partial charge < -0.3 is 10.2 Å². The number of hydrogen-bond donors (Lipinski definition) is 1. The minimum Gasteiger partial charge on any atom is -0.312 e. The summed E-state index contributed by atoms with van der Waals surface area (Å²) in [6, 6.07) is 2.33. The van der Waals surface area contributed by atoms with E-state index >= 15 is 0 Å². The summed E-state index contributed by atoms with van der Waals surface area (Å²) >= 11 is 0. The van der Waals surface area contributed by atoms with Gasteiger partial charge in [0.25, 0.3) is 0 Å². The molecule has 106 valence electrons. The molecule has 2 aliphatic rings. The lowest BCUT2D eigenvalue weighted by molar-refractivity contribution is 0.265. The van der Waals surface area contributed by atoms with Crippen LogP contribution in [0.3, 0.4) is 0 Å². The highest BCUT2D eigenvalue weighted by molar-refractivity contribution is 4.95. The van der Waals surface area contributed by atoms with E-state index in [4.69, 9.17) is 0 Å². The van der Waals surface area contributed by atoms with E-state index in [1.165, 1.54) is 58.3 Å². The Balaban J connectivity index is 1.53. The van der Waals surface area contributed by atoms with Gasteiger partial charge in [-0.3, -0.25) is 4.90 Å². The van der Waals surface area contributed by atoms with Crippen LogP contribution in [-0.4, -0.2) is 61.2 Å². The maximum Gasteiger partial charge on any atom is 0.0250 e. The van der Waals surface area contributed by atoms with Crippen molar-refractivity contribution in [3.05, 3.63) is 0 Å². The lowest BCUT2D eigenvalue weighted by Gasteiger charge is -2.22. The Morgan fingerprint density at radius 3 is 2.83 bits per heavy atom. The van der Waals surface area contributed by atoms with Crippen LogP contribution in [-0.2, 0) is 0 Å². The van der Waals surface area contributed by atoms with Gasteiger partial charge in [0, 0.05) is 24.7 Å². The maximum absolute atomic E-state index is 3.80. The minimum atomic E-state index is 0.680. The molecule has 2 atom stereocenters. The summed E-state index contributed by atoms with van der Waals surface area (Å²) in [7, 11) is 2.23. The average Bonchev–Trinajstić information content (AvgIpc) is 2.92. The first-order valence-electron chi connectivity index (χ1n) is 7.86. The highest BCUT2D eigenvalue weighted by atomic mass is 15.2. The number of rotatable bonds is 7. The molecule has 2 unspecified atom stereocenters. The molecule has 1 N–H and O–H groups in total. The number of nitrogens with zero attached hydrogens (tertiary/aromatic N) is 2. The molecule has 0 aliphatic carbocycles. The van der Waals surface area contributed by atoms with E-state index < -0.39 is 0 Å².